The molecule has 0 radical (unpaired) electrons. The monoisotopic (exact) mass is 1150 g/mol. The minimum Gasteiger partial charge on any atom is -0.462 e. The average Bonchev–Trinajstić information content (AvgIpc) is 3.48. The van der Waals surface area contributed by atoms with Crippen molar-refractivity contribution in [2.75, 3.05) is 13.2 Å². The second kappa shape index (κ2) is 70.6. The molecule has 0 aromatic heterocycles. The molecule has 82 heavy (non-hydrogen) atoms. The van der Waals surface area contributed by atoms with Crippen molar-refractivity contribution < 1.29 is 28.6 Å². The molecule has 1 atom stereocenters. The molecule has 478 valence electrons. The van der Waals surface area contributed by atoms with Gasteiger partial charge in [0.2, 0.25) is 0 Å². The van der Waals surface area contributed by atoms with Gasteiger partial charge in [0.1, 0.15) is 13.2 Å². The largest absolute Gasteiger partial charge is 0.462 e. The summed E-state index contributed by atoms with van der Waals surface area (Å²) < 4.78 is 17.0. The molecular weight excluding hydrogens is 1010 g/mol. The molecule has 0 aromatic rings. The van der Waals surface area contributed by atoms with Crippen LogP contribution in [0.15, 0.2) is 60.8 Å². The number of ether oxygens (including phenoxy) is 3. The van der Waals surface area contributed by atoms with Gasteiger partial charge in [-0.25, -0.2) is 0 Å². The Morgan fingerprint density at radius 2 is 0.476 bits per heavy atom. The van der Waals surface area contributed by atoms with E-state index < -0.39 is 6.10 Å². The molecule has 0 heterocycles. The normalized spacial score (nSPS) is 12.4. The Balaban J connectivity index is 4.09. The van der Waals surface area contributed by atoms with E-state index in [2.05, 4.69) is 81.5 Å². The lowest BCUT2D eigenvalue weighted by Gasteiger charge is -2.18. The average molecular weight is 1150 g/mol. The number of rotatable bonds is 67. The van der Waals surface area contributed by atoms with Crippen LogP contribution in [0.1, 0.15) is 387 Å². The zero-order valence-corrected chi connectivity index (χ0v) is 55.0. The molecule has 0 N–H and O–H groups in total. The second-order valence-corrected chi connectivity index (χ2v) is 24.5. The zero-order chi connectivity index (χ0) is 59.2. The van der Waals surface area contributed by atoms with E-state index >= 15 is 0 Å². The van der Waals surface area contributed by atoms with Gasteiger partial charge in [-0.05, 0) is 64.2 Å². The van der Waals surface area contributed by atoms with Crippen molar-refractivity contribution >= 4 is 17.9 Å². The first-order valence-electron chi connectivity index (χ1n) is 36.3. The lowest BCUT2D eigenvalue weighted by Crippen LogP contribution is -2.30. The van der Waals surface area contributed by atoms with Gasteiger partial charge in [0.15, 0.2) is 6.10 Å². The molecule has 0 aliphatic rings. The molecule has 0 bridgehead atoms. The smallest absolute Gasteiger partial charge is 0.306 e. The van der Waals surface area contributed by atoms with Crippen LogP contribution in [0.4, 0.5) is 0 Å². The lowest BCUT2D eigenvalue weighted by molar-refractivity contribution is -0.167. The van der Waals surface area contributed by atoms with Crippen LogP contribution < -0.4 is 0 Å². The maximum atomic E-state index is 12.9. The van der Waals surface area contributed by atoms with E-state index in [9.17, 15) is 14.4 Å². The first kappa shape index (κ1) is 79.1. The molecule has 6 nitrogen and oxygen atoms in total. The van der Waals surface area contributed by atoms with E-state index in [1.165, 1.54) is 257 Å². The molecule has 0 spiro atoms. The van der Waals surface area contributed by atoms with Crippen LogP contribution in [-0.2, 0) is 28.6 Å². The summed E-state index contributed by atoms with van der Waals surface area (Å²) in [6.07, 6.45) is 91.3. The second-order valence-electron chi connectivity index (χ2n) is 24.5. The van der Waals surface area contributed by atoms with Crippen LogP contribution in [0.2, 0.25) is 0 Å². The predicted molar refractivity (Wildman–Crippen MR) is 358 cm³/mol. The summed E-state index contributed by atoms with van der Waals surface area (Å²) in [4.78, 5) is 38.3. The van der Waals surface area contributed by atoms with Gasteiger partial charge < -0.3 is 14.2 Å². The maximum Gasteiger partial charge on any atom is 0.306 e. The fraction of sp³-hybridized carbons (Fsp3) is 0.829. The number of carbonyl (C=O) groups excluding carboxylic acids is 3. The Labute approximate surface area is 510 Å². The summed E-state index contributed by atoms with van der Waals surface area (Å²) in [7, 11) is 0. The summed E-state index contributed by atoms with van der Waals surface area (Å²) >= 11 is 0. The van der Waals surface area contributed by atoms with E-state index in [4.69, 9.17) is 14.2 Å². The van der Waals surface area contributed by atoms with Crippen LogP contribution >= 0.6 is 0 Å². The third kappa shape index (κ3) is 67.9. The molecule has 0 aliphatic carbocycles. The van der Waals surface area contributed by atoms with E-state index in [0.29, 0.717) is 19.3 Å². The van der Waals surface area contributed by atoms with Gasteiger partial charge in [0.25, 0.3) is 0 Å². The number of hydrogen-bond donors (Lipinski definition) is 0. The van der Waals surface area contributed by atoms with Crippen molar-refractivity contribution in [2.45, 2.75) is 393 Å². The number of esters is 3. The molecule has 0 rings (SSSR count). The quantitative estimate of drug-likeness (QED) is 0.0261. The maximum absolute atomic E-state index is 12.9. The summed E-state index contributed by atoms with van der Waals surface area (Å²) in [5.41, 5.74) is 0. The Hall–Kier alpha value is -2.89. The highest BCUT2D eigenvalue weighted by Crippen LogP contribution is 2.19. The molecule has 0 aromatic carbocycles. The Morgan fingerprint density at radius 3 is 0.744 bits per heavy atom. The number of carbonyl (C=O) groups is 3. The lowest BCUT2D eigenvalue weighted by atomic mass is 10.0. The van der Waals surface area contributed by atoms with Gasteiger partial charge in [-0.1, -0.05) is 364 Å². The van der Waals surface area contributed by atoms with Crippen LogP contribution in [0.5, 0.6) is 0 Å². The third-order valence-corrected chi connectivity index (χ3v) is 16.3. The van der Waals surface area contributed by atoms with Crippen molar-refractivity contribution in [3.05, 3.63) is 60.8 Å². The number of allylic oxidation sites excluding steroid dienone is 10. The van der Waals surface area contributed by atoms with Crippen molar-refractivity contribution in [2.24, 2.45) is 0 Å². The summed E-state index contributed by atoms with van der Waals surface area (Å²) in [6, 6.07) is 0. The van der Waals surface area contributed by atoms with E-state index in [1.807, 2.05) is 0 Å². The molecular formula is C76H138O6. The zero-order valence-electron chi connectivity index (χ0n) is 55.0. The molecule has 0 saturated heterocycles. The van der Waals surface area contributed by atoms with Crippen LogP contribution in [0.3, 0.4) is 0 Å². The minimum atomic E-state index is -0.769. The molecule has 0 saturated carbocycles. The predicted octanol–water partition coefficient (Wildman–Crippen LogP) is 25.1. The van der Waals surface area contributed by atoms with Gasteiger partial charge in [0, 0.05) is 19.3 Å². The fourth-order valence-corrected chi connectivity index (χ4v) is 10.9. The summed E-state index contributed by atoms with van der Waals surface area (Å²) in [5.74, 6) is -0.843. The van der Waals surface area contributed by atoms with Gasteiger partial charge in [-0.3, -0.25) is 14.4 Å². The molecule has 6 heteroatoms. The van der Waals surface area contributed by atoms with Crippen molar-refractivity contribution in [3.8, 4) is 0 Å². The van der Waals surface area contributed by atoms with E-state index in [1.54, 1.807) is 0 Å². The highest BCUT2D eigenvalue weighted by atomic mass is 16.6. The SMILES string of the molecule is CC/C=C\C/C=C\C/C=C\C/C=C\C/C=C\CCCCCCCCCCCCCCCCCC(=O)OCC(COC(=O)CCCCCCCCCCC)OC(=O)CCCCCCCCCCCCCCCCCCCCCCCCCC. The summed E-state index contributed by atoms with van der Waals surface area (Å²) in [5, 5.41) is 0. The number of unbranched alkanes of at least 4 members (excludes halogenated alkanes) is 46. The Bertz CT molecular complexity index is 1460. The van der Waals surface area contributed by atoms with Gasteiger partial charge in [0.05, 0.1) is 0 Å². The van der Waals surface area contributed by atoms with E-state index in [-0.39, 0.29) is 31.1 Å². The van der Waals surface area contributed by atoms with Crippen LogP contribution in [0, 0.1) is 0 Å². The van der Waals surface area contributed by atoms with Crippen LogP contribution in [0.25, 0.3) is 0 Å². The third-order valence-electron chi connectivity index (χ3n) is 16.3. The molecule has 0 fully saturated rings. The minimum absolute atomic E-state index is 0.0673. The molecule has 0 amide bonds. The Kier molecular flexibility index (Phi) is 68.1. The van der Waals surface area contributed by atoms with Crippen molar-refractivity contribution in [1.29, 1.82) is 0 Å². The van der Waals surface area contributed by atoms with Crippen LogP contribution in [-0.4, -0.2) is 37.2 Å². The topological polar surface area (TPSA) is 78.9 Å². The first-order valence-corrected chi connectivity index (χ1v) is 36.3. The van der Waals surface area contributed by atoms with Gasteiger partial charge >= 0.3 is 17.9 Å². The number of hydrogen-bond acceptors (Lipinski definition) is 6. The molecule has 1 unspecified atom stereocenters. The molecule has 0 aliphatic heterocycles. The Morgan fingerprint density at radius 1 is 0.256 bits per heavy atom. The fourth-order valence-electron chi connectivity index (χ4n) is 10.9. The van der Waals surface area contributed by atoms with Gasteiger partial charge in [-0.2, -0.15) is 0 Å². The van der Waals surface area contributed by atoms with Crippen molar-refractivity contribution in [3.63, 3.8) is 0 Å². The first-order chi connectivity index (χ1) is 40.5. The highest BCUT2D eigenvalue weighted by Gasteiger charge is 2.19. The van der Waals surface area contributed by atoms with Crippen molar-refractivity contribution in [1.82, 2.24) is 0 Å². The summed E-state index contributed by atoms with van der Waals surface area (Å²) in [6.45, 7) is 6.57. The van der Waals surface area contributed by atoms with E-state index in [0.717, 1.165) is 89.9 Å². The standard InChI is InChI=1S/C76H138O6/c1-4-7-10-13-16-19-21-23-25-27-29-31-33-35-36-37-38-39-40-41-43-44-46-48-50-52-54-57-60-63-66-69-75(78)81-72-73(71-80-74(77)68-65-62-59-56-18-15-12-9-6-3)82-76(79)70-67-64-61-58-55-53-51-49-47-45-42-34-32-30-28-26-24-22-20-17-14-11-8-5-2/h7,10,16,19,23,25,29,31,35-36,73H,4-6,8-9,11-15,17-18,20-22,24,26-28,30,32-34,37-72H2,1-3H3/b10-7-,19-16-,25-23-,31-29-,36-35-. The highest BCUT2D eigenvalue weighted by molar-refractivity contribution is 5.71. The van der Waals surface area contributed by atoms with Gasteiger partial charge in [-0.15, -0.1) is 0 Å².